The molecule has 1 N–H and O–H groups in total. The van der Waals surface area contributed by atoms with E-state index in [1.54, 1.807) is 30.3 Å². The lowest BCUT2D eigenvalue weighted by Gasteiger charge is -2.15. The van der Waals surface area contributed by atoms with Crippen LogP contribution in [-0.2, 0) is 4.79 Å². The van der Waals surface area contributed by atoms with Gasteiger partial charge in [0.1, 0.15) is 0 Å². The minimum atomic E-state index is -4.02. The van der Waals surface area contributed by atoms with Crippen molar-refractivity contribution in [1.82, 2.24) is 4.90 Å². The molecule has 0 atom stereocenters. The average molecular weight is 302 g/mol. The lowest BCUT2D eigenvalue weighted by molar-refractivity contribution is -0.172. The molecule has 1 aromatic rings. The van der Waals surface area contributed by atoms with E-state index in [0.29, 0.717) is 5.69 Å². The van der Waals surface area contributed by atoms with Crippen LogP contribution in [0.2, 0.25) is 0 Å². The third-order valence-electron chi connectivity index (χ3n) is 3.05. The maximum Gasteiger partial charge on any atom is 0.323 e. The van der Waals surface area contributed by atoms with Gasteiger partial charge in [0, 0.05) is 18.3 Å². The largest absolute Gasteiger partial charge is 0.323 e. The highest BCUT2D eigenvalue weighted by Crippen LogP contribution is 2.40. The predicted octanol–water partition coefficient (Wildman–Crippen LogP) is 2.77. The first-order chi connectivity index (χ1) is 9.80. The molecule has 1 heterocycles. The molecule has 1 aromatic carbocycles. The quantitative estimate of drug-likeness (QED) is 0.685. The van der Waals surface area contributed by atoms with Gasteiger partial charge in [-0.25, -0.2) is 0 Å². The van der Waals surface area contributed by atoms with Crippen molar-refractivity contribution in [3.05, 3.63) is 42.5 Å². The van der Waals surface area contributed by atoms with Crippen molar-refractivity contribution in [3.63, 3.8) is 0 Å². The molecule has 7 heteroatoms. The van der Waals surface area contributed by atoms with E-state index in [1.807, 2.05) is 0 Å². The molecule has 2 rings (SSSR count). The van der Waals surface area contributed by atoms with E-state index < -0.39 is 30.8 Å². The van der Waals surface area contributed by atoms with Crippen molar-refractivity contribution in [2.45, 2.75) is 11.8 Å². The van der Waals surface area contributed by atoms with Crippen LogP contribution < -0.4 is 5.32 Å². The Morgan fingerprint density at radius 1 is 1.14 bits per heavy atom. The van der Waals surface area contributed by atoms with Gasteiger partial charge in [0.15, 0.2) is 0 Å². The van der Waals surface area contributed by atoms with Gasteiger partial charge in [0.05, 0.1) is 13.1 Å². The summed E-state index contributed by atoms with van der Waals surface area (Å²) in [4.78, 5) is 12.4. The van der Waals surface area contributed by atoms with Gasteiger partial charge in [0.2, 0.25) is 5.91 Å². The number of hydrogen-bond donors (Lipinski definition) is 1. The van der Waals surface area contributed by atoms with Crippen LogP contribution in [0.4, 0.5) is 23.2 Å². The number of amides is 1. The van der Waals surface area contributed by atoms with E-state index in [-0.39, 0.29) is 6.54 Å². The van der Waals surface area contributed by atoms with Gasteiger partial charge in [-0.15, -0.1) is 0 Å². The summed E-state index contributed by atoms with van der Waals surface area (Å²) in [5, 5.41) is 2.56. The molecule has 0 aliphatic carbocycles. The Kier molecular flexibility index (Phi) is 4.32. The fraction of sp³-hybridized carbons (Fsp3) is 0.357. The highest BCUT2D eigenvalue weighted by molar-refractivity contribution is 5.99. The topological polar surface area (TPSA) is 32.3 Å². The van der Waals surface area contributed by atoms with E-state index in [9.17, 15) is 22.4 Å². The minimum absolute atomic E-state index is 0.132. The van der Waals surface area contributed by atoms with Crippen LogP contribution in [0.1, 0.15) is 0 Å². The molecule has 21 heavy (non-hydrogen) atoms. The number of benzene rings is 1. The van der Waals surface area contributed by atoms with Crippen LogP contribution >= 0.6 is 0 Å². The number of para-hydroxylation sites is 1. The van der Waals surface area contributed by atoms with Gasteiger partial charge in [-0.2, -0.15) is 17.6 Å². The van der Waals surface area contributed by atoms with E-state index >= 15 is 0 Å². The highest BCUT2D eigenvalue weighted by atomic mass is 19.3. The summed E-state index contributed by atoms with van der Waals surface area (Å²) >= 11 is 0. The van der Waals surface area contributed by atoms with Gasteiger partial charge in [0.25, 0.3) is 0 Å². The second kappa shape index (κ2) is 5.85. The Morgan fingerprint density at radius 2 is 1.71 bits per heavy atom. The molecule has 0 radical (unpaired) electrons. The zero-order valence-electron chi connectivity index (χ0n) is 11.0. The maximum atomic E-state index is 13.0. The summed E-state index contributed by atoms with van der Waals surface area (Å²) in [6.45, 7) is -2.15. The van der Waals surface area contributed by atoms with E-state index in [2.05, 4.69) is 5.32 Å². The minimum Gasteiger partial charge on any atom is -0.323 e. The maximum absolute atomic E-state index is 13.0. The summed E-state index contributed by atoms with van der Waals surface area (Å²) in [7, 11) is 0. The van der Waals surface area contributed by atoms with Crippen LogP contribution in [-0.4, -0.2) is 42.3 Å². The third-order valence-corrected chi connectivity index (χ3v) is 3.05. The van der Waals surface area contributed by atoms with Gasteiger partial charge in [-0.05, 0) is 12.1 Å². The van der Waals surface area contributed by atoms with E-state index in [1.165, 1.54) is 6.08 Å². The number of likely N-dealkylation sites (tertiary alicyclic amines) is 1. The zero-order valence-corrected chi connectivity index (χ0v) is 11.0. The second-order valence-corrected chi connectivity index (χ2v) is 4.84. The first-order valence-electron chi connectivity index (χ1n) is 6.31. The Labute approximate surface area is 119 Å². The van der Waals surface area contributed by atoms with Gasteiger partial charge in [-0.3, -0.25) is 9.69 Å². The van der Waals surface area contributed by atoms with Crippen molar-refractivity contribution in [1.29, 1.82) is 0 Å². The number of halogens is 4. The summed E-state index contributed by atoms with van der Waals surface area (Å²) in [6, 6.07) is 8.65. The molecule has 1 aliphatic heterocycles. The molecule has 0 spiro atoms. The predicted molar refractivity (Wildman–Crippen MR) is 70.5 cm³/mol. The lowest BCUT2D eigenvalue weighted by Crippen LogP contribution is -2.38. The number of carbonyl (C=O) groups excluding carboxylic acids is 1. The van der Waals surface area contributed by atoms with Crippen molar-refractivity contribution < 1.29 is 22.4 Å². The van der Waals surface area contributed by atoms with E-state index in [0.717, 1.165) is 11.0 Å². The van der Waals surface area contributed by atoms with Crippen molar-refractivity contribution in [2.75, 3.05) is 25.0 Å². The van der Waals surface area contributed by atoms with Gasteiger partial charge >= 0.3 is 11.8 Å². The molecule has 1 fully saturated rings. The summed E-state index contributed by atoms with van der Waals surface area (Å²) in [5.41, 5.74) is 0.589. The molecule has 1 saturated heterocycles. The first kappa shape index (κ1) is 15.5. The summed E-state index contributed by atoms with van der Waals surface area (Å²) < 4.78 is 51.8. The molecular formula is C14H14F4N2O. The van der Waals surface area contributed by atoms with Crippen molar-refractivity contribution >= 4 is 11.6 Å². The number of anilines is 1. The van der Waals surface area contributed by atoms with Crippen molar-refractivity contribution in [3.8, 4) is 0 Å². The molecule has 114 valence electrons. The SMILES string of the molecule is O=C(/C=C/CN1CC(F)(F)C(F)(F)C1)Nc1ccccc1. The Balaban J connectivity index is 1.82. The number of nitrogens with one attached hydrogen (secondary N) is 1. The number of carbonyl (C=O) groups is 1. The molecule has 0 unspecified atom stereocenters. The molecule has 0 bridgehead atoms. The fourth-order valence-electron chi connectivity index (χ4n) is 1.99. The molecule has 1 aliphatic rings. The number of nitrogens with zero attached hydrogens (tertiary/aromatic N) is 1. The molecular weight excluding hydrogens is 288 g/mol. The zero-order chi connectivity index (χ0) is 15.5. The second-order valence-electron chi connectivity index (χ2n) is 4.84. The van der Waals surface area contributed by atoms with Gasteiger partial charge in [-0.1, -0.05) is 24.3 Å². The average Bonchev–Trinajstić information content (AvgIpc) is 2.58. The van der Waals surface area contributed by atoms with Gasteiger partial charge < -0.3 is 5.32 Å². The molecule has 0 saturated carbocycles. The standard InChI is InChI=1S/C14H14F4N2O/c15-13(16)9-20(10-14(13,17)18)8-4-7-12(21)19-11-5-2-1-3-6-11/h1-7H,8-10H2,(H,19,21)/b7-4+. The molecule has 1 amide bonds. The Bertz CT molecular complexity index is 515. The normalized spacial score (nSPS) is 20.8. The van der Waals surface area contributed by atoms with Crippen LogP contribution in [0.5, 0.6) is 0 Å². The van der Waals surface area contributed by atoms with Crippen molar-refractivity contribution in [2.24, 2.45) is 0 Å². The fourth-order valence-corrected chi connectivity index (χ4v) is 1.99. The molecule has 3 nitrogen and oxygen atoms in total. The first-order valence-corrected chi connectivity index (χ1v) is 6.31. The van der Waals surface area contributed by atoms with Crippen LogP contribution in [0, 0.1) is 0 Å². The smallest absolute Gasteiger partial charge is 0.323 e. The monoisotopic (exact) mass is 302 g/mol. The van der Waals surface area contributed by atoms with Crippen LogP contribution in [0.25, 0.3) is 0 Å². The summed E-state index contributed by atoms with van der Waals surface area (Å²) in [5.74, 6) is -8.49. The highest BCUT2D eigenvalue weighted by Gasteiger charge is 2.62. The summed E-state index contributed by atoms with van der Waals surface area (Å²) in [6.07, 6.45) is 2.43. The van der Waals surface area contributed by atoms with Crippen LogP contribution in [0.3, 0.4) is 0 Å². The Hall–Kier alpha value is -1.89. The van der Waals surface area contributed by atoms with E-state index in [4.69, 9.17) is 0 Å². The number of alkyl halides is 4. The number of rotatable bonds is 4. The molecule has 0 aromatic heterocycles. The Morgan fingerprint density at radius 3 is 2.29 bits per heavy atom. The van der Waals surface area contributed by atoms with Crippen LogP contribution in [0.15, 0.2) is 42.5 Å². The third kappa shape index (κ3) is 3.81. The number of hydrogen-bond acceptors (Lipinski definition) is 2. The lowest BCUT2D eigenvalue weighted by atomic mass is 10.2.